The smallest absolute Gasteiger partial charge is 0.416 e. The molecule has 1 atom stereocenters. The first-order chi connectivity index (χ1) is 20.7. The van der Waals surface area contributed by atoms with E-state index >= 15 is 0 Å². The van der Waals surface area contributed by atoms with Gasteiger partial charge in [0.25, 0.3) is 0 Å². The maximum atomic E-state index is 14.8. The van der Waals surface area contributed by atoms with Gasteiger partial charge in [-0.1, -0.05) is 53.5 Å². The molecule has 0 bridgehead atoms. The first-order valence-corrected chi connectivity index (χ1v) is 12.9. The summed E-state index contributed by atoms with van der Waals surface area (Å²) < 4.78 is 84.3. The number of methoxy groups -OCH3 is 2. The molecule has 0 spiro atoms. The third-order valence-electron chi connectivity index (χ3n) is 6.39. The lowest BCUT2D eigenvalue weighted by molar-refractivity contribution is -0.139. The number of hydrogen-bond donors (Lipinski definition) is 1. The summed E-state index contributed by atoms with van der Waals surface area (Å²) in [5.74, 6) is -9.32. The zero-order chi connectivity index (χ0) is 32.5. The number of benzene rings is 3. The summed E-state index contributed by atoms with van der Waals surface area (Å²) in [5, 5.41) is 9.73. The largest absolute Gasteiger partial charge is 0.466 e. The van der Waals surface area contributed by atoms with Crippen LogP contribution in [0.5, 0.6) is 11.5 Å². The average molecular weight is 654 g/mol. The molecule has 0 radical (unpaired) electrons. The summed E-state index contributed by atoms with van der Waals surface area (Å²) in [4.78, 5) is 27.4. The van der Waals surface area contributed by atoms with Crippen LogP contribution in [0.25, 0.3) is 0 Å². The summed E-state index contributed by atoms with van der Waals surface area (Å²) in [6, 6.07) is 11.9. The van der Waals surface area contributed by atoms with Gasteiger partial charge in [0.2, 0.25) is 0 Å². The number of anilines is 1. The van der Waals surface area contributed by atoms with Gasteiger partial charge < -0.3 is 19.9 Å². The van der Waals surface area contributed by atoms with E-state index in [9.17, 15) is 36.8 Å². The van der Waals surface area contributed by atoms with Crippen LogP contribution >= 0.6 is 23.2 Å². The molecule has 228 valence electrons. The quantitative estimate of drug-likeness (QED) is 0.224. The van der Waals surface area contributed by atoms with Crippen molar-refractivity contribution in [2.75, 3.05) is 19.1 Å². The molecule has 8 nitrogen and oxygen atoms in total. The Morgan fingerprint density at radius 3 is 2.05 bits per heavy atom. The Morgan fingerprint density at radius 2 is 1.52 bits per heavy atom. The van der Waals surface area contributed by atoms with Crippen LogP contribution in [-0.2, 0) is 25.2 Å². The van der Waals surface area contributed by atoms with Gasteiger partial charge in [0, 0.05) is 6.07 Å². The molecule has 1 unspecified atom stereocenters. The Hall–Kier alpha value is -4.80. The van der Waals surface area contributed by atoms with Crippen LogP contribution in [0.15, 0.2) is 77.3 Å². The number of ether oxygens (including phenoxy) is 3. The van der Waals surface area contributed by atoms with Crippen molar-refractivity contribution in [2.24, 2.45) is 5.73 Å². The molecule has 0 fully saturated rings. The zero-order valence-corrected chi connectivity index (χ0v) is 23.9. The Bertz CT molecular complexity index is 1750. The highest BCUT2D eigenvalue weighted by Crippen LogP contribution is 2.48. The number of nitrogens with two attached hydrogens (primary N) is 1. The third-order valence-corrected chi connectivity index (χ3v) is 7.11. The van der Waals surface area contributed by atoms with Crippen LogP contribution in [-0.4, -0.2) is 26.2 Å². The van der Waals surface area contributed by atoms with Gasteiger partial charge in [-0.25, -0.2) is 18.4 Å². The van der Waals surface area contributed by atoms with Crippen LogP contribution in [0.4, 0.5) is 27.6 Å². The van der Waals surface area contributed by atoms with Gasteiger partial charge in [-0.2, -0.15) is 18.4 Å². The molecule has 1 aliphatic rings. The Kier molecular flexibility index (Phi) is 9.08. The van der Waals surface area contributed by atoms with E-state index in [1.165, 1.54) is 0 Å². The van der Waals surface area contributed by atoms with Gasteiger partial charge >= 0.3 is 18.1 Å². The fourth-order valence-corrected chi connectivity index (χ4v) is 4.78. The lowest BCUT2D eigenvalue weighted by atomic mass is 9.81. The van der Waals surface area contributed by atoms with Gasteiger partial charge in [0.15, 0.2) is 23.1 Å². The number of halogens is 7. The monoisotopic (exact) mass is 653 g/mol. The molecule has 0 aromatic heterocycles. The highest BCUT2D eigenvalue weighted by atomic mass is 35.5. The van der Waals surface area contributed by atoms with Crippen molar-refractivity contribution < 1.29 is 45.8 Å². The second kappa shape index (κ2) is 12.4. The predicted molar refractivity (Wildman–Crippen MR) is 147 cm³/mol. The molecule has 0 amide bonds. The van der Waals surface area contributed by atoms with Crippen molar-refractivity contribution in [3.63, 3.8) is 0 Å². The Morgan fingerprint density at radius 1 is 0.955 bits per heavy atom. The summed E-state index contributed by atoms with van der Waals surface area (Å²) in [6.07, 6.45) is -5.07. The fourth-order valence-electron chi connectivity index (χ4n) is 4.47. The molecule has 3 aromatic carbocycles. The molecule has 1 aliphatic heterocycles. The SMILES string of the molecule is COC(=O)C1=C(C(=O)OC)N(c2cc(Cl)c(Cl)cc2Oc2c(F)cc(C(F)(F)F)cc2F)C(N)=C(C#N)C1c1ccccc1. The second-order valence-electron chi connectivity index (χ2n) is 8.94. The first-order valence-electron chi connectivity index (χ1n) is 12.1. The topological polar surface area (TPSA) is 115 Å². The van der Waals surface area contributed by atoms with E-state index in [0.29, 0.717) is 5.56 Å². The van der Waals surface area contributed by atoms with Crippen LogP contribution in [0.2, 0.25) is 10.0 Å². The highest BCUT2D eigenvalue weighted by Gasteiger charge is 2.44. The van der Waals surface area contributed by atoms with Gasteiger partial charge in [0.05, 0.1) is 58.6 Å². The highest BCUT2D eigenvalue weighted by molar-refractivity contribution is 6.42. The van der Waals surface area contributed by atoms with Crippen LogP contribution in [0, 0.1) is 23.0 Å². The molecule has 1 heterocycles. The molecule has 15 heteroatoms. The minimum absolute atomic E-state index is 0.0121. The molecular formula is C29H18Cl2F5N3O5. The number of esters is 2. The maximum Gasteiger partial charge on any atom is 0.416 e. The van der Waals surface area contributed by atoms with E-state index in [2.05, 4.69) is 0 Å². The van der Waals surface area contributed by atoms with Crippen molar-refractivity contribution in [2.45, 2.75) is 12.1 Å². The molecule has 0 saturated heterocycles. The normalized spacial score (nSPS) is 15.2. The van der Waals surface area contributed by atoms with Gasteiger partial charge in [-0.3, -0.25) is 4.90 Å². The van der Waals surface area contributed by atoms with E-state index in [1.807, 2.05) is 6.07 Å². The van der Waals surface area contributed by atoms with Crippen LogP contribution in [0.1, 0.15) is 17.0 Å². The standard InChI is InChI=1S/C29H18Cl2F5N3O5/c1-42-27(40)23-22(13-6-4-3-5-7-13)15(12-37)26(38)39(24(23)28(41)43-2)20-10-16(30)17(31)11-21(20)44-25-18(32)8-14(9-19(25)33)29(34,35)36/h3-11,22H,38H2,1-2H3. The first kappa shape index (κ1) is 32.1. The average Bonchev–Trinajstić information content (AvgIpc) is 2.99. The Balaban J connectivity index is 2.05. The number of rotatable bonds is 6. The van der Waals surface area contributed by atoms with Crippen molar-refractivity contribution in [1.29, 1.82) is 5.26 Å². The third kappa shape index (κ3) is 5.86. The predicted octanol–water partition coefficient (Wildman–Crippen LogP) is 6.98. The number of carbonyl (C=O) groups is 2. The summed E-state index contributed by atoms with van der Waals surface area (Å²) in [7, 11) is 2.01. The lowest BCUT2D eigenvalue weighted by Crippen LogP contribution is -2.41. The minimum Gasteiger partial charge on any atom is -0.466 e. The van der Waals surface area contributed by atoms with E-state index in [4.69, 9.17) is 43.1 Å². The van der Waals surface area contributed by atoms with Crippen molar-refractivity contribution in [3.05, 3.63) is 110 Å². The summed E-state index contributed by atoms with van der Waals surface area (Å²) in [5.41, 5.74) is 3.48. The minimum atomic E-state index is -5.07. The molecular weight excluding hydrogens is 636 g/mol. The Labute approximate surface area is 256 Å². The number of hydrogen-bond acceptors (Lipinski definition) is 8. The summed E-state index contributed by atoms with van der Waals surface area (Å²) in [6.45, 7) is 0. The molecule has 44 heavy (non-hydrogen) atoms. The molecule has 3 aromatic rings. The molecule has 0 aliphatic carbocycles. The van der Waals surface area contributed by atoms with Crippen LogP contribution in [0.3, 0.4) is 0 Å². The maximum absolute atomic E-state index is 14.8. The second-order valence-corrected chi connectivity index (χ2v) is 9.75. The number of nitrogens with zero attached hydrogens (tertiary/aromatic N) is 2. The molecule has 4 rings (SSSR count). The molecule has 0 saturated carbocycles. The number of alkyl halides is 3. The lowest BCUT2D eigenvalue weighted by Gasteiger charge is -2.36. The number of nitriles is 1. The van der Waals surface area contributed by atoms with E-state index < -0.39 is 75.5 Å². The van der Waals surface area contributed by atoms with Gasteiger partial charge in [0.1, 0.15) is 11.5 Å². The van der Waals surface area contributed by atoms with Crippen molar-refractivity contribution in [3.8, 4) is 17.6 Å². The number of allylic oxidation sites excluding steroid dienone is 1. The van der Waals surface area contributed by atoms with E-state index in [0.717, 1.165) is 31.3 Å². The fraction of sp³-hybridized carbons (Fsp3) is 0.138. The van der Waals surface area contributed by atoms with E-state index in [-0.39, 0.29) is 27.8 Å². The van der Waals surface area contributed by atoms with Gasteiger partial charge in [-0.05, 0) is 23.8 Å². The van der Waals surface area contributed by atoms with E-state index in [1.54, 1.807) is 30.3 Å². The van der Waals surface area contributed by atoms with Crippen LogP contribution < -0.4 is 15.4 Å². The summed E-state index contributed by atoms with van der Waals surface area (Å²) >= 11 is 12.4. The number of carbonyl (C=O) groups excluding carboxylic acids is 2. The van der Waals surface area contributed by atoms with Gasteiger partial charge in [-0.15, -0.1) is 0 Å². The molecule has 2 N–H and O–H groups in total. The van der Waals surface area contributed by atoms with Crippen molar-refractivity contribution >= 4 is 40.8 Å². The van der Waals surface area contributed by atoms with Crippen molar-refractivity contribution in [1.82, 2.24) is 0 Å². The zero-order valence-electron chi connectivity index (χ0n) is 22.4.